The van der Waals surface area contributed by atoms with Crippen molar-refractivity contribution in [3.05, 3.63) is 66.0 Å². The number of hydrogen-bond donors (Lipinski definition) is 1. The van der Waals surface area contributed by atoms with Crippen LogP contribution in [0.3, 0.4) is 0 Å². The van der Waals surface area contributed by atoms with E-state index >= 15 is 0 Å². The number of thioether (sulfide) groups is 1. The number of ketones is 1. The van der Waals surface area contributed by atoms with Crippen LogP contribution in [0.1, 0.15) is 48.8 Å². The zero-order valence-electron chi connectivity index (χ0n) is 19.9. The van der Waals surface area contributed by atoms with Gasteiger partial charge in [-0.25, -0.2) is 0 Å². The van der Waals surface area contributed by atoms with Crippen molar-refractivity contribution in [1.82, 2.24) is 24.6 Å². The highest BCUT2D eigenvalue weighted by molar-refractivity contribution is 7.99. The molecule has 0 atom stereocenters. The Bertz CT molecular complexity index is 1340. The summed E-state index contributed by atoms with van der Waals surface area (Å²) in [5.74, 6) is 1.25. The van der Waals surface area contributed by atoms with Crippen LogP contribution in [0.15, 0.2) is 59.8 Å². The number of carbonyl (C=O) groups is 2. The highest BCUT2D eigenvalue weighted by Crippen LogP contribution is 2.32. The highest BCUT2D eigenvalue weighted by Gasteiger charge is 2.23. The first-order valence-corrected chi connectivity index (χ1v) is 13.2. The molecular formula is C27H29N5O2S. The second-order valence-corrected chi connectivity index (χ2v) is 9.71. The predicted molar refractivity (Wildman–Crippen MR) is 138 cm³/mol. The fraction of sp³-hybridized carbons (Fsp3) is 0.333. The van der Waals surface area contributed by atoms with Crippen LogP contribution < -0.4 is 0 Å². The van der Waals surface area contributed by atoms with Crippen LogP contribution in [-0.4, -0.2) is 48.6 Å². The minimum absolute atomic E-state index is 0.0428. The molecule has 35 heavy (non-hydrogen) atoms. The number of H-pyrrole nitrogens is 1. The van der Waals surface area contributed by atoms with E-state index in [1.807, 2.05) is 71.0 Å². The molecule has 2 aromatic carbocycles. The van der Waals surface area contributed by atoms with E-state index in [0.717, 1.165) is 53.8 Å². The lowest BCUT2D eigenvalue weighted by molar-refractivity contribution is -0.131. The Kier molecular flexibility index (Phi) is 6.99. The lowest BCUT2D eigenvalue weighted by Gasteiger charge is -2.20. The van der Waals surface area contributed by atoms with E-state index in [0.29, 0.717) is 30.2 Å². The molecule has 1 aliphatic rings. The molecule has 2 aromatic heterocycles. The molecule has 5 rings (SSSR count). The first-order chi connectivity index (χ1) is 17.2. The summed E-state index contributed by atoms with van der Waals surface area (Å²) < 4.78 is 2.02. The molecule has 0 saturated carbocycles. The maximum atomic E-state index is 13.5. The SMILES string of the molecule is CCn1c(CN2CCCCCC2=O)nnc1SCC(=O)c1c(-c2ccccc2)[nH]c2ccccc12. The smallest absolute Gasteiger partial charge is 0.222 e. The monoisotopic (exact) mass is 487 g/mol. The van der Waals surface area contributed by atoms with Gasteiger partial charge in [0.15, 0.2) is 16.8 Å². The number of carbonyl (C=O) groups excluding carboxylic acids is 2. The summed E-state index contributed by atoms with van der Waals surface area (Å²) in [4.78, 5) is 31.3. The van der Waals surface area contributed by atoms with Crippen molar-refractivity contribution in [2.45, 2.75) is 50.9 Å². The Balaban J connectivity index is 1.37. The molecule has 1 aliphatic heterocycles. The first-order valence-electron chi connectivity index (χ1n) is 12.2. The number of para-hydroxylation sites is 1. The predicted octanol–water partition coefficient (Wildman–Crippen LogP) is 5.32. The lowest BCUT2D eigenvalue weighted by Crippen LogP contribution is -2.31. The van der Waals surface area contributed by atoms with Gasteiger partial charge in [0.2, 0.25) is 5.91 Å². The van der Waals surface area contributed by atoms with Gasteiger partial charge < -0.3 is 14.5 Å². The fourth-order valence-corrected chi connectivity index (χ4v) is 5.59. The average molecular weight is 488 g/mol. The number of rotatable bonds is 8. The van der Waals surface area contributed by atoms with Gasteiger partial charge in [-0.15, -0.1) is 10.2 Å². The number of aromatic amines is 1. The quantitative estimate of drug-likeness (QED) is 0.268. The number of nitrogens with one attached hydrogen (secondary N) is 1. The molecule has 1 amide bonds. The van der Waals surface area contributed by atoms with E-state index in [9.17, 15) is 9.59 Å². The highest BCUT2D eigenvalue weighted by atomic mass is 32.2. The van der Waals surface area contributed by atoms with Gasteiger partial charge in [-0.05, 0) is 31.4 Å². The third-order valence-electron chi connectivity index (χ3n) is 6.49. The van der Waals surface area contributed by atoms with Gasteiger partial charge >= 0.3 is 0 Å². The largest absolute Gasteiger partial charge is 0.354 e. The number of likely N-dealkylation sites (tertiary alicyclic amines) is 1. The van der Waals surface area contributed by atoms with E-state index in [4.69, 9.17) is 0 Å². The molecule has 1 fully saturated rings. The Morgan fingerprint density at radius 1 is 1.03 bits per heavy atom. The number of benzene rings is 2. The van der Waals surface area contributed by atoms with Crippen LogP contribution in [-0.2, 0) is 17.9 Å². The fourth-order valence-electron chi connectivity index (χ4n) is 4.69. The Morgan fingerprint density at radius 2 is 1.83 bits per heavy atom. The van der Waals surface area contributed by atoms with Gasteiger partial charge in [-0.2, -0.15) is 0 Å². The lowest BCUT2D eigenvalue weighted by atomic mass is 10.0. The van der Waals surface area contributed by atoms with Crippen LogP contribution in [0.25, 0.3) is 22.2 Å². The maximum absolute atomic E-state index is 13.5. The minimum atomic E-state index is 0.0428. The molecule has 0 spiro atoms. The molecule has 4 aromatic rings. The van der Waals surface area contributed by atoms with E-state index in [2.05, 4.69) is 15.2 Å². The van der Waals surface area contributed by atoms with E-state index in [1.165, 1.54) is 11.8 Å². The topological polar surface area (TPSA) is 83.9 Å². The van der Waals surface area contributed by atoms with Crippen molar-refractivity contribution in [2.75, 3.05) is 12.3 Å². The number of nitrogens with zero attached hydrogens (tertiary/aromatic N) is 4. The van der Waals surface area contributed by atoms with E-state index in [-0.39, 0.29) is 17.4 Å². The standard InChI is InChI=1S/C27H29N5O2S/c1-2-32-23(17-31-16-10-4-7-15-24(31)34)29-30-27(32)35-18-22(33)25-20-13-8-9-14-21(20)28-26(25)19-11-5-3-6-12-19/h3,5-6,8-9,11-14,28H,2,4,7,10,15-18H2,1H3. The van der Waals surface area contributed by atoms with Gasteiger partial charge in [-0.3, -0.25) is 9.59 Å². The summed E-state index contributed by atoms with van der Waals surface area (Å²) in [6.45, 7) is 3.95. The number of fused-ring (bicyclic) bond motifs is 1. The number of aromatic nitrogens is 4. The Hall–Kier alpha value is -3.39. The first kappa shape index (κ1) is 23.4. The number of hydrogen-bond acceptors (Lipinski definition) is 5. The summed E-state index contributed by atoms with van der Waals surface area (Å²) in [5, 5.41) is 10.4. The summed E-state index contributed by atoms with van der Waals surface area (Å²) in [6, 6.07) is 17.9. The van der Waals surface area contributed by atoms with Crippen LogP contribution in [0, 0.1) is 0 Å². The summed E-state index contributed by atoms with van der Waals surface area (Å²) >= 11 is 1.40. The van der Waals surface area contributed by atoms with Gasteiger partial charge in [0, 0.05) is 30.4 Å². The average Bonchev–Trinajstić information content (AvgIpc) is 3.40. The molecule has 0 radical (unpaired) electrons. The van der Waals surface area contributed by atoms with Gasteiger partial charge in [0.1, 0.15) is 0 Å². The van der Waals surface area contributed by atoms with Crippen LogP contribution in [0.4, 0.5) is 0 Å². The van der Waals surface area contributed by atoms with Crippen molar-refractivity contribution < 1.29 is 9.59 Å². The van der Waals surface area contributed by atoms with Crippen LogP contribution in [0.5, 0.6) is 0 Å². The summed E-state index contributed by atoms with van der Waals surface area (Å²) in [5.41, 5.74) is 3.48. The Morgan fingerprint density at radius 3 is 2.66 bits per heavy atom. The molecular weight excluding hydrogens is 458 g/mol. The maximum Gasteiger partial charge on any atom is 0.222 e. The zero-order chi connectivity index (χ0) is 24.2. The second-order valence-electron chi connectivity index (χ2n) is 8.77. The number of Topliss-reactive ketones (excluding diaryl/α,β-unsaturated/α-hetero) is 1. The molecule has 0 bridgehead atoms. The van der Waals surface area contributed by atoms with E-state index < -0.39 is 0 Å². The van der Waals surface area contributed by atoms with Gasteiger partial charge in [-0.1, -0.05) is 66.7 Å². The molecule has 1 saturated heterocycles. The molecule has 0 unspecified atom stereocenters. The second kappa shape index (κ2) is 10.5. The van der Waals surface area contributed by atoms with Crippen molar-refractivity contribution in [1.29, 1.82) is 0 Å². The molecule has 3 heterocycles. The molecule has 180 valence electrons. The van der Waals surface area contributed by atoms with E-state index in [1.54, 1.807) is 0 Å². The van der Waals surface area contributed by atoms with Crippen molar-refractivity contribution in [2.24, 2.45) is 0 Å². The molecule has 8 heteroatoms. The normalized spacial score (nSPS) is 14.4. The van der Waals surface area contributed by atoms with Crippen molar-refractivity contribution in [3.63, 3.8) is 0 Å². The van der Waals surface area contributed by atoms with Crippen LogP contribution >= 0.6 is 11.8 Å². The van der Waals surface area contributed by atoms with Gasteiger partial charge in [0.25, 0.3) is 0 Å². The van der Waals surface area contributed by atoms with Crippen molar-refractivity contribution >= 4 is 34.4 Å². The molecule has 0 aliphatic carbocycles. The van der Waals surface area contributed by atoms with Gasteiger partial charge in [0.05, 0.1) is 23.6 Å². The van der Waals surface area contributed by atoms with Crippen LogP contribution in [0.2, 0.25) is 0 Å². The Labute approximate surface area is 208 Å². The van der Waals surface area contributed by atoms with Crippen molar-refractivity contribution in [3.8, 4) is 11.3 Å². The summed E-state index contributed by atoms with van der Waals surface area (Å²) in [7, 11) is 0. The number of amides is 1. The third kappa shape index (κ3) is 4.89. The molecule has 1 N–H and O–H groups in total. The third-order valence-corrected chi connectivity index (χ3v) is 7.46. The molecule has 7 nitrogen and oxygen atoms in total. The zero-order valence-corrected chi connectivity index (χ0v) is 20.7. The minimum Gasteiger partial charge on any atom is -0.354 e. The summed E-state index contributed by atoms with van der Waals surface area (Å²) in [6.07, 6.45) is 3.67.